The summed E-state index contributed by atoms with van der Waals surface area (Å²) in [6.45, 7) is 3.72. The number of hydrogen-bond acceptors (Lipinski definition) is 4. The Bertz CT molecular complexity index is 1040. The topological polar surface area (TPSA) is 83.9 Å². The fourth-order valence-corrected chi connectivity index (χ4v) is 3.44. The molecule has 138 valence electrons. The highest BCUT2D eigenvalue weighted by Crippen LogP contribution is 2.19. The van der Waals surface area contributed by atoms with E-state index < -0.39 is 0 Å². The second-order valence-electron chi connectivity index (χ2n) is 6.82. The van der Waals surface area contributed by atoms with E-state index in [4.69, 9.17) is 0 Å². The second kappa shape index (κ2) is 7.19. The number of aryl methyl sites for hydroxylation is 2. The number of aromatic nitrogens is 4. The normalized spacial score (nSPS) is 13.4. The zero-order valence-electron chi connectivity index (χ0n) is 15.2. The first-order valence-electron chi connectivity index (χ1n) is 9.04. The number of carbonyl (C=O) groups excluding carboxylic acids is 1. The summed E-state index contributed by atoms with van der Waals surface area (Å²) in [5.41, 5.74) is 4.32. The molecule has 1 amide bonds. The molecular weight excluding hydrogens is 342 g/mol. The number of nitrogens with zero attached hydrogens (tertiary/aromatic N) is 4. The fourth-order valence-electron chi connectivity index (χ4n) is 3.44. The van der Waals surface area contributed by atoms with Crippen LogP contribution in [0, 0.1) is 6.92 Å². The first-order valence-corrected chi connectivity index (χ1v) is 9.04. The minimum absolute atomic E-state index is 0.134. The predicted molar refractivity (Wildman–Crippen MR) is 101 cm³/mol. The van der Waals surface area contributed by atoms with Gasteiger partial charge in [-0.1, -0.05) is 24.3 Å². The smallest absolute Gasteiger partial charge is 0.338 e. The molecule has 7 nitrogen and oxygen atoms in total. The van der Waals surface area contributed by atoms with Crippen LogP contribution in [-0.2, 0) is 24.3 Å². The molecule has 1 N–H and O–H groups in total. The summed E-state index contributed by atoms with van der Waals surface area (Å²) in [7, 11) is 0. The molecule has 0 aliphatic carbocycles. The van der Waals surface area contributed by atoms with Crippen LogP contribution in [0.4, 0.5) is 0 Å². The van der Waals surface area contributed by atoms with Crippen molar-refractivity contribution >= 4 is 5.91 Å². The third-order valence-electron chi connectivity index (χ3n) is 4.86. The number of H-pyrrole nitrogens is 1. The lowest BCUT2D eigenvalue weighted by Crippen LogP contribution is -2.36. The monoisotopic (exact) mass is 363 g/mol. The van der Waals surface area contributed by atoms with Crippen LogP contribution in [0.1, 0.15) is 23.2 Å². The zero-order valence-corrected chi connectivity index (χ0v) is 15.2. The molecule has 0 bridgehead atoms. The molecule has 1 aliphatic heterocycles. The lowest BCUT2D eigenvalue weighted by molar-refractivity contribution is -0.132. The second-order valence-corrected chi connectivity index (χ2v) is 6.82. The Morgan fingerprint density at radius 3 is 2.89 bits per heavy atom. The molecule has 7 heteroatoms. The Balaban J connectivity index is 1.39. The third kappa shape index (κ3) is 3.81. The van der Waals surface area contributed by atoms with Gasteiger partial charge < -0.3 is 9.88 Å². The highest BCUT2D eigenvalue weighted by molar-refractivity contribution is 5.76. The van der Waals surface area contributed by atoms with Gasteiger partial charge in [0.15, 0.2) is 0 Å². The highest BCUT2D eigenvalue weighted by atomic mass is 16.2. The fraction of sp³-hybridized carbons (Fsp3) is 0.300. The molecular formula is C20H21N5O2. The molecule has 0 fully saturated rings. The van der Waals surface area contributed by atoms with Gasteiger partial charge >= 0.3 is 5.69 Å². The average molecular weight is 363 g/mol. The van der Waals surface area contributed by atoms with Gasteiger partial charge in [0.2, 0.25) is 5.91 Å². The van der Waals surface area contributed by atoms with Crippen LogP contribution in [0.3, 0.4) is 0 Å². The maximum atomic E-state index is 12.6. The average Bonchev–Trinajstić information content (AvgIpc) is 3.14. The number of aromatic amines is 1. The van der Waals surface area contributed by atoms with Gasteiger partial charge in [-0.25, -0.2) is 4.79 Å². The van der Waals surface area contributed by atoms with Crippen molar-refractivity contribution in [1.29, 1.82) is 0 Å². The molecule has 0 spiro atoms. The van der Waals surface area contributed by atoms with E-state index in [2.05, 4.69) is 27.2 Å². The summed E-state index contributed by atoms with van der Waals surface area (Å²) < 4.78 is 1.74. The summed E-state index contributed by atoms with van der Waals surface area (Å²) in [4.78, 5) is 32.5. The molecule has 3 heterocycles. The first-order chi connectivity index (χ1) is 13.1. The minimum atomic E-state index is -0.377. The van der Waals surface area contributed by atoms with Gasteiger partial charge in [-0.3, -0.25) is 9.48 Å². The van der Waals surface area contributed by atoms with Crippen molar-refractivity contribution in [2.75, 3.05) is 6.54 Å². The Labute approximate surface area is 156 Å². The molecule has 0 atom stereocenters. The van der Waals surface area contributed by atoms with Crippen molar-refractivity contribution in [2.45, 2.75) is 32.9 Å². The number of amides is 1. The lowest BCUT2D eigenvalue weighted by Gasteiger charge is -2.29. The standard InChI is InChI=1S/C20H21N5O2/c1-14-10-18(23-20(27)22-14)17-11-21-25(13-17)9-7-19(26)24-8-6-15-4-2-3-5-16(15)12-24/h2-5,10-11,13H,6-9,12H2,1H3,(H,22,23,27). The summed E-state index contributed by atoms with van der Waals surface area (Å²) >= 11 is 0. The minimum Gasteiger partial charge on any atom is -0.338 e. The lowest BCUT2D eigenvalue weighted by atomic mass is 10.00. The Morgan fingerprint density at radius 2 is 2.07 bits per heavy atom. The Kier molecular flexibility index (Phi) is 4.58. The van der Waals surface area contributed by atoms with E-state index in [0.29, 0.717) is 30.9 Å². The number of rotatable bonds is 4. The van der Waals surface area contributed by atoms with Gasteiger partial charge in [0.05, 0.1) is 11.9 Å². The Morgan fingerprint density at radius 1 is 1.26 bits per heavy atom. The van der Waals surface area contributed by atoms with E-state index in [0.717, 1.165) is 18.5 Å². The maximum absolute atomic E-state index is 12.6. The van der Waals surface area contributed by atoms with Crippen molar-refractivity contribution in [3.05, 3.63) is 70.0 Å². The van der Waals surface area contributed by atoms with Gasteiger partial charge in [0.25, 0.3) is 0 Å². The summed E-state index contributed by atoms with van der Waals surface area (Å²) in [6, 6.07) is 10.1. The molecule has 0 saturated heterocycles. The summed E-state index contributed by atoms with van der Waals surface area (Å²) in [6.07, 6.45) is 4.83. The van der Waals surface area contributed by atoms with Crippen molar-refractivity contribution in [1.82, 2.24) is 24.6 Å². The molecule has 0 unspecified atom stereocenters. The van der Waals surface area contributed by atoms with Gasteiger partial charge in [-0.2, -0.15) is 10.1 Å². The highest BCUT2D eigenvalue weighted by Gasteiger charge is 2.20. The molecule has 0 radical (unpaired) electrons. The van der Waals surface area contributed by atoms with Crippen LogP contribution in [0.2, 0.25) is 0 Å². The van der Waals surface area contributed by atoms with E-state index in [9.17, 15) is 9.59 Å². The van der Waals surface area contributed by atoms with Crippen LogP contribution < -0.4 is 5.69 Å². The van der Waals surface area contributed by atoms with E-state index in [-0.39, 0.29) is 11.6 Å². The first kappa shape index (κ1) is 17.2. The third-order valence-corrected chi connectivity index (χ3v) is 4.86. The molecule has 1 aliphatic rings. The van der Waals surface area contributed by atoms with Crippen molar-refractivity contribution in [3.63, 3.8) is 0 Å². The molecule has 4 rings (SSSR count). The summed E-state index contributed by atoms with van der Waals surface area (Å²) in [5, 5.41) is 4.31. The van der Waals surface area contributed by atoms with Crippen molar-refractivity contribution in [3.8, 4) is 11.3 Å². The summed E-state index contributed by atoms with van der Waals surface area (Å²) in [5.74, 6) is 0.134. The number of fused-ring (bicyclic) bond motifs is 1. The van der Waals surface area contributed by atoms with Crippen LogP contribution in [0.5, 0.6) is 0 Å². The van der Waals surface area contributed by atoms with Crippen molar-refractivity contribution in [2.24, 2.45) is 0 Å². The quantitative estimate of drug-likeness (QED) is 0.767. The van der Waals surface area contributed by atoms with E-state index >= 15 is 0 Å². The number of nitrogens with one attached hydrogen (secondary N) is 1. The van der Waals surface area contributed by atoms with Gasteiger partial charge in [-0.05, 0) is 30.5 Å². The van der Waals surface area contributed by atoms with Gasteiger partial charge in [0.1, 0.15) is 0 Å². The van der Waals surface area contributed by atoms with E-state index in [1.807, 2.05) is 23.2 Å². The van der Waals surface area contributed by atoms with Crippen LogP contribution in [0.25, 0.3) is 11.3 Å². The van der Waals surface area contributed by atoms with Crippen LogP contribution in [-0.4, -0.2) is 37.1 Å². The molecule has 2 aromatic heterocycles. The number of carbonyl (C=O) groups is 1. The zero-order chi connectivity index (χ0) is 18.8. The van der Waals surface area contributed by atoms with Crippen molar-refractivity contribution < 1.29 is 4.79 Å². The predicted octanol–water partition coefficient (Wildman–Crippen LogP) is 1.92. The SMILES string of the molecule is Cc1cc(-c2cnn(CCC(=O)N3CCc4ccccc4C3)c2)[nH]c(=O)n1. The van der Waals surface area contributed by atoms with Crippen LogP contribution in [0.15, 0.2) is 47.5 Å². The number of benzene rings is 1. The largest absolute Gasteiger partial charge is 0.345 e. The Hall–Kier alpha value is -3.22. The van der Waals surface area contributed by atoms with E-state index in [1.54, 1.807) is 23.9 Å². The number of hydrogen-bond donors (Lipinski definition) is 1. The van der Waals surface area contributed by atoms with Gasteiger partial charge in [0, 0.05) is 43.5 Å². The van der Waals surface area contributed by atoms with Crippen LogP contribution >= 0.6 is 0 Å². The van der Waals surface area contributed by atoms with E-state index in [1.165, 1.54) is 11.1 Å². The molecule has 3 aromatic rings. The molecule has 0 saturated carbocycles. The maximum Gasteiger partial charge on any atom is 0.345 e. The van der Waals surface area contributed by atoms with Gasteiger partial charge in [-0.15, -0.1) is 0 Å². The molecule has 1 aromatic carbocycles. The molecule has 27 heavy (non-hydrogen) atoms.